The molecule has 1 nitrogen and oxygen atoms in total. The molecule has 2 heteroatoms. The highest BCUT2D eigenvalue weighted by molar-refractivity contribution is 7.20. The van der Waals surface area contributed by atoms with Crippen molar-refractivity contribution >= 4 is 55.2 Å². The highest BCUT2D eigenvalue weighted by Crippen LogP contribution is 2.57. The summed E-state index contributed by atoms with van der Waals surface area (Å²) in [7, 11) is 0. The third-order valence-electron chi connectivity index (χ3n) is 15.6. The SMILES string of the molecule is C=C1C=CC2=C1C(C)(C)c1cc3ccccc3c(-c3ccc4c5c(sc4c3)C=C(N(c3ccc4c(c3)-c3ccccc3C4(C)C)c3ccc4c(c3)-c3ccccc3C4(C)C)CC5)c12. The van der Waals surface area contributed by atoms with Crippen LogP contribution in [0.15, 0.2) is 169 Å². The van der Waals surface area contributed by atoms with Gasteiger partial charge in [-0.15, -0.1) is 11.3 Å². The number of rotatable bonds is 4. The van der Waals surface area contributed by atoms with Crippen LogP contribution in [-0.4, -0.2) is 0 Å². The van der Waals surface area contributed by atoms with Gasteiger partial charge in [-0.05, 0) is 161 Å². The maximum absolute atomic E-state index is 4.49. The van der Waals surface area contributed by atoms with E-state index in [1.807, 2.05) is 11.3 Å². The Hall–Kier alpha value is -6.48. The van der Waals surface area contributed by atoms with Crippen molar-refractivity contribution in [2.45, 2.75) is 70.6 Å². The van der Waals surface area contributed by atoms with Crippen molar-refractivity contribution in [3.63, 3.8) is 0 Å². The smallest absolute Gasteiger partial charge is 0.0464 e. The first-order valence-corrected chi connectivity index (χ1v) is 23.5. The van der Waals surface area contributed by atoms with Crippen LogP contribution in [0, 0.1) is 0 Å². The Bertz CT molecular complexity index is 3390. The maximum Gasteiger partial charge on any atom is 0.0464 e. The highest BCUT2D eigenvalue weighted by atomic mass is 32.1. The Morgan fingerprint density at radius 1 is 0.524 bits per heavy atom. The zero-order valence-corrected chi connectivity index (χ0v) is 37.7. The lowest BCUT2D eigenvalue weighted by molar-refractivity contribution is 0.651. The zero-order chi connectivity index (χ0) is 42.7. The standard InChI is InChI=1S/C61H49NS/c1-35-20-25-46-57-53(61(6,7)58(35)46)30-36-14-8-9-15-41(36)56(57)37-21-26-44-45-27-22-40(34-55(45)63-54(44)31-37)62(38-23-28-51-47(32-38)42-16-10-12-18-49(42)59(51,2)3)39-24-29-52-48(33-39)43-17-11-13-19-50(43)60(52,4)5/h8-21,23-26,28-34H,1,22,27H2,2-7H3. The van der Waals surface area contributed by atoms with Crippen molar-refractivity contribution in [1.29, 1.82) is 0 Å². The van der Waals surface area contributed by atoms with Gasteiger partial charge in [0.15, 0.2) is 0 Å². The number of thiophene rings is 1. The van der Waals surface area contributed by atoms with Crippen molar-refractivity contribution in [2.75, 3.05) is 4.90 Å². The molecule has 0 fully saturated rings. The Kier molecular flexibility index (Phi) is 7.41. The quantitative estimate of drug-likeness (QED) is 0.171. The molecule has 5 aliphatic carbocycles. The van der Waals surface area contributed by atoms with Crippen LogP contribution >= 0.6 is 11.3 Å². The average molecular weight is 828 g/mol. The molecule has 1 heterocycles. The third kappa shape index (κ3) is 4.93. The number of allylic oxidation sites excluding steroid dienone is 6. The Morgan fingerprint density at radius 3 is 1.83 bits per heavy atom. The van der Waals surface area contributed by atoms with Gasteiger partial charge in [-0.25, -0.2) is 0 Å². The maximum atomic E-state index is 4.49. The fraction of sp³-hybridized carbons (Fsp3) is 0.180. The van der Waals surface area contributed by atoms with Crippen molar-refractivity contribution < 1.29 is 0 Å². The second-order valence-electron chi connectivity index (χ2n) is 20.1. The molecule has 8 aromatic rings. The van der Waals surface area contributed by atoms with E-state index in [2.05, 4.69) is 205 Å². The van der Waals surface area contributed by atoms with Crippen LogP contribution in [0.2, 0.25) is 0 Å². The third-order valence-corrected chi connectivity index (χ3v) is 16.8. The van der Waals surface area contributed by atoms with Gasteiger partial charge in [0.1, 0.15) is 0 Å². The van der Waals surface area contributed by atoms with Gasteiger partial charge in [-0.3, -0.25) is 0 Å². The summed E-state index contributed by atoms with van der Waals surface area (Å²) in [5.41, 5.74) is 25.3. The molecular weight excluding hydrogens is 779 g/mol. The molecule has 0 unspecified atom stereocenters. The number of anilines is 2. The predicted octanol–water partition coefficient (Wildman–Crippen LogP) is 16.6. The molecule has 0 saturated carbocycles. The molecule has 0 amide bonds. The van der Waals surface area contributed by atoms with Crippen LogP contribution in [0.5, 0.6) is 0 Å². The zero-order valence-electron chi connectivity index (χ0n) is 36.9. The second-order valence-corrected chi connectivity index (χ2v) is 21.2. The van der Waals surface area contributed by atoms with Crippen molar-refractivity contribution in [3.05, 3.63) is 213 Å². The molecule has 0 bridgehead atoms. The molecule has 0 N–H and O–H groups in total. The van der Waals surface area contributed by atoms with E-state index in [-0.39, 0.29) is 16.2 Å². The summed E-state index contributed by atoms with van der Waals surface area (Å²) >= 11 is 1.96. The Balaban J connectivity index is 0.979. The summed E-state index contributed by atoms with van der Waals surface area (Å²) in [5.74, 6) is 0. The van der Waals surface area contributed by atoms with Crippen LogP contribution in [0.1, 0.15) is 91.8 Å². The predicted molar refractivity (Wildman–Crippen MR) is 269 cm³/mol. The number of nitrogens with zero attached hydrogens (tertiary/aromatic N) is 1. The fourth-order valence-electron chi connectivity index (χ4n) is 12.6. The molecule has 304 valence electrons. The van der Waals surface area contributed by atoms with Gasteiger partial charge < -0.3 is 4.90 Å². The van der Waals surface area contributed by atoms with Crippen molar-refractivity contribution in [2.24, 2.45) is 0 Å². The van der Waals surface area contributed by atoms with E-state index in [1.165, 1.54) is 126 Å². The lowest BCUT2D eigenvalue weighted by Gasteiger charge is -2.31. The van der Waals surface area contributed by atoms with Crippen molar-refractivity contribution in [1.82, 2.24) is 0 Å². The number of benzene rings is 7. The molecule has 7 aromatic carbocycles. The first-order valence-electron chi connectivity index (χ1n) is 22.7. The van der Waals surface area contributed by atoms with Gasteiger partial charge >= 0.3 is 0 Å². The van der Waals surface area contributed by atoms with Crippen LogP contribution < -0.4 is 4.90 Å². The monoisotopic (exact) mass is 827 g/mol. The summed E-state index contributed by atoms with van der Waals surface area (Å²) < 4.78 is 1.36. The van der Waals surface area contributed by atoms with Gasteiger partial charge in [0.05, 0.1) is 0 Å². The number of hydrogen-bond donors (Lipinski definition) is 0. The molecule has 0 aliphatic heterocycles. The molecular formula is C61H49NS. The minimum absolute atomic E-state index is 0.0446. The molecule has 0 saturated heterocycles. The van der Waals surface area contributed by atoms with E-state index in [1.54, 1.807) is 0 Å². The van der Waals surface area contributed by atoms with Crippen LogP contribution in [-0.2, 0) is 22.7 Å². The first kappa shape index (κ1) is 37.1. The van der Waals surface area contributed by atoms with E-state index >= 15 is 0 Å². The number of fused-ring (bicyclic) bond motifs is 12. The summed E-state index contributed by atoms with van der Waals surface area (Å²) in [6.07, 6.45) is 9.00. The van der Waals surface area contributed by atoms with E-state index in [0.29, 0.717) is 0 Å². The van der Waals surface area contributed by atoms with Gasteiger partial charge in [0.2, 0.25) is 0 Å². The summed E-state index contributed by atoms with van der Waals surface area (Å²) in [5, 5.41) is 4.00. The first-order chi connectivity index (χ1) is 30.4. The van der Waals surface area contributed by atoms with E-state index in [9.17, 15) is 0 Å². The summed E-state index contributed by atoms with van der Waals surface area (Å²) in [4.78, 5) is 3.95. The lowest BCUT2D eigenvalue weighted by Crippen LogP contribution is -2.20. The van der Waals surface area contributed by atoms with Crippen LogP contribution in [0.25, 0.3) is 65.9 Å². The van der Waals surface area contributed by atoms with Gasteiger partial charge in [-0.2, -0.15) is 0 Å². The molecule has 1 aromatic heterocycles. The molecule has 63 heavy (non-hydrogen) atoms. The number of aryl methyl sites for hydroxylation is 1. The Labute approximate surface area is 375 Å². The Morgan fingerprint density at radius 2 is 1.14 bits per heavy atom. The molecule has 0 spiro atoms. The van der Waals surface area contributed by atoms with E-state index in [4.69, 9.17) is 0 Å². The largest absolute Gasteiger partial charge is 0.314 e. The summed E-state index contributed by atoms with van der Waals surface area (Å²) in [6.45, 7) is 18.7. The number of hydrogen-bond acceptors (Lipinski definition) is 2. The molecule has 5 aliphatic rings. The minimum Gasteiger partial charge on any atom is -0.314 e. The lowest BCUT2D eigenvalue weighted by atomic mass is 9.77. The minimum atomic E-state index is -0.111. The van der Waals surface area contributed by atoms with Gasteiger partial charge in [0, 0.05) is 42.9 Å². The van der Waals surface area contributed by atoms with Crippen LogP contribution in [0.4, 0.5) is 11.4 Å². The van der Waals surface area contributed by atoms with Gasteiger partial charge in [-0.1, -0.05) is 157 Å². The summed E-state index contributed by atoms with van der Waals surface area (Å²) in [6, 6.07) is 51.2. The highest BCUT2D eigenvalue weighted by Gasteiger charge is 2.42. The molecule has 13 rings (SSSR count). The molecule has 0 atom stereocenters. The van der Waals surface area contributed by atoms with E-state index in [0.717, 1.165) is 18.4 Å². The fourth-order valence-corrected chi connectivity index (χ4v) is 13.8. The van der Waals surface area contributed by atoms with Gasteiger partial charge in [0.25, 0.3) is 0 Å². The van der Waals surface area contributed by atoms with Crippen LogP contribution in [0.3, 0.4) is 0 Å². The van der Waals surface area contributed by atoms with Crippen molar-refractivity contribution in [3.8, 4) is 33.4 Å². The average Bonchev–Trinajstić information content (AvgIpc) is 4.03. The second kappa shape index (κ2) is 12.6. The van der Waals surface area contributed by atoms with E-state index < -0.39 is 0 Å². The topological polar surface area (TPSA) is 3.24 Å². The molecule has 0 radical (unpaired) electrons. The normalized spacial score (nSPS) is 17.6.